The first-order valence-electron chi connectivity index (χ1n) is 7.02. The predicted octanol–water partition coefficient (Wildman–Crippen LogP) is 3.03. The number of carbonyl (C=O) groups is 1. The Morgan fingerprint density at radius 2 is 1.91 bits per heavy atom. The van der Waals surface area contributed by atoms with Crippen molar-refractivity contribution in [1.82, 2.24) is 10.2 Å². The zero-order valence-corrected chi connectivity index (χ0v) is 12.6. The van der Waals surface area contributed by atoms with Crippen LogP contribution in [0.15, 0.2) is 29.7 Å². The quantitative estimate of drug-likeness (QED) is 0.894. The molecule has 118 valence electrons. The van der Waals surface area contributed by atoms with Crippen molar-refractivity contribution in [3.05, 3.63) is 40.8 Å². The van der Waals surface area contributed by atoms with Crippen LogP contribution in [0.3, 0.4) is 0 Å². The monoisotopic (exact) mass is 326 g/mol. The average Bonchev–Trinajstić information content (AvgIpc) is 2.97. The van der Waals surface area contributed by atoms with Crippen molar-refractivity contribution in [2.24, 2.45) is 0 Å². The molecule has 3 rings (SSSR count). The lowest BCUT2D eigenvalue weighted by Crippen LogP contribution is -2.47. The maximum absolute atomic E-state index is 13.2. The molecule has 0 spiro atoms. The van der Waals surface area contributed by atoms with Crippen LogP contribution in [0.5, 0.6) is 0 Å². The highest BCUT2D eigenvalue weighted by Crippen LogP contribution is 2.34. The van der Waals surface area contributed by atoms with Crippen molar-refractivity contribution in [2.45, 2.75) is 24.3 Å². The van der Waals surface area contributed by atoms with Gasteiger partial charge in [-0.15, -0.1) is 0 Å². The number of hydrogen-bond acceptors (Lipinski definition) is 4. The highest BCUT2D eigenvalue weighted by molar-refractivity contribution is 8.03. The number of rotatable bonds is 3. The van der Waals surface area contributed by atoms with Crippen molar-refractivity contribution in [3.63, 3.8) is 0 Å². The van der Waals surface area contributed by atoms with E-state index >= 15 is 0 Å². The highest BCUT2D eigenvalue weighted by atomic mass is 32.2. The van der Waals surface area contributed by atoms with E-state index in [9.17, 15) is 13.6 Å². The van der Waals surface area contributed by atoms with Gasteiger partial charge in [-0.3, -0.25) is 4.90 Å². The summed E-state index contributed by atoms with van der Waals surface area (Å²) in [6.45, 7) is 0.744. The third-order valence-electron chi connectivity index (χ3n) is 3.90. The maximum atomic E-state index is 13.2. The molecule has 1 aromatic rings. The fourth-order valence-corrected chi connectivity index (χ4v) is 3.59. The lowest BCUT2D eigenvalue weighted by atomic mass is 10.1. The Hall–Kier alpha value is -1.60. The summed E-state index contributed by atoms with van der Waals surface area (Å²) in [6.07, 6.45) is -0.206. The number of carboxylic acids is 1. The topological polar surface area (TPSA) is 52.6 Å². The van der Waals surface area contributed by atoms with E-state index < -0.39 is 11.9 Å². The molecule has 0 amide bonds. The smallest absolute Gasteiger partial charge is 0.335 e. The minimum Gasteiger partial charge on any atom is -0.478 e. The second kappa shape index (κ2) is 5.89. The summed E-state index contributed by atoms with van der Waals surface area (Å²) in [5.41, 5.74) is 1.99. The van der Waals surface area contributed by atoms with E-state index in [4.69, 9.17) is 5.11 Å². The molecule has 1 atom stereocenters. The summed E-state index contributed by atoms with van der Waals surface area (Å²) >= 11 is 1.55. The van der Waals surface area contributed by atoms with Crippen LogP contribution in [0.1, 0.15) is 28.8 Å². The van der Waals surface area contributed by atoms with Crippen LogP contribution in [0.2, 0.25) is 0 Å². The fraction of sp³-hybridized carbons (Fsp3) is 0.400. The molecule has 22 heavy (non-hydrogen) atoms. The molecule has 0 aliphatic carbocycles. The van der Waals surface area contributed by atoms with Gasteiger partial charge in [-0.1, -0.05) is 23.9 Å². The molecule has 1 aromatic carbocycles. The van der Waals surface area contributed by atoms with Gasteiger partial charge in [0.1, 0.15) is 5.50 Å². The summed E-state index contributed by atoms with van der Waals surface area (Å²) in [7, 11) is 0. The predicted molar refractivity (Wildman–Crippen MR) is 81.6 cm³/mol. The van der Waals surface area contributed by atoms with Gasteiger partial charge in [0.25, 0.3) is 5.92 Å². The summed E-state index contributed by atoms with van der Waals surface area (Å²) in [4.78, 5) is 12.9. The number of carboxylic acid groups (broad SMARTS) is 1. The molecule has 0 aromatic heterocycles. The van der Waals surface area contributed by atoms with Gasteiger partial charge in [-0.2, -0.15) is 0 Å². The summed E-state index contributed by atoms with van der Waals surface area (Å²) in [5.74, 6) is -3.50. The zero-order valence-electron chi connectivity index (χ0n) is 11.8. The molecule has 2 aliphatic heterocycles. The largest absolute Gasteiger partial charge is 0.478 e. The molecule has 1 fully saturated rings. The number of aromatic carboxylic acids is 1. The first kappa shape index (κ1) is 15.3. The normalized spacial score (nSPS) is 24.6. The molecule has 2 aliphatic rings. The van der Waals surface area contributed by atoms with E-state index in [0.29, 0.717) is 13.1 Å². The van der Waals surface area contributed by atoms with Crippen LogP contribution in [0.4, 0.5) is 8.78 Å². The molecule has 1 unspecified atom stereocenters. The minimum absolute atomic E-state index is 0.0368. The Bertz CT molecular complexity index is 594. The molecule has 0 radical (unpaired) electrons. The second-order valence-electron chi connectivity index (χ2n) is 5.44. The number of halogens is 2. The number of likely N-dealkylation sites (tertiary alicyclic amines) is 1. The van der Waals surface area contributed by atoms with Crippen molar-refractivity contribution in [1.29, 1.82) is 0 Å². The van der Waals surface area contributed by atoms with Gasteiger partial charge < -0.3 is 10.4 Å². The van der Waals surface area contributed by atoms with Crippen LogP contribution >= 0.6 is 11.8 Å². The molecule has 4 nitrogen and oxygen atoms in total. The van der Waals surface area contributed by atoms with Gasteiger partial charge in [0.05, 0.1) is 5.56 Å². The Balaban J connectivity index is 1.61. The van der Waals surface area contributed by atoms with E-state index in [1.807, 2.05) is 10.3 Å². The number of nitrogens with zero attached hydrogens (tertiary/aromatic N) is 1. The van der Waals surface area contributed by atoms with Gasteiger partial charge >= 0.3 is 5.97 Å². The Kier molecular flexibility index (Phi) is 4.10. The number of nitrogens with one attached hydrogen (secondary N) is 1. The number of alkyl halides is 2. The second-order valence-corrected chi connectivity index (χ2v) is 6.39. The molecule has 7 heteroatoms. The number of thioether (sulfide) groups is 1. The van der Waals surface area contributed by atoms with E-state index in [2.05, 4.69) is 5.32 Å². The van der Waals surface area contributed by atoms with Crippen LogP contribution in [-0.4, -0.2) is 40.5 Å². The van der Waals surface area contributed by atoms with Gasteiger partial charge in [-0.05, 0) is 23.1 Å². The van der Waals surface area contributed by atoms with E-state index in [0.717, 1.165) is 11.3 Å². The fourth-order valence-electron chi connectivity index (χ4n) is 2.54. The number of piperidine rings is 1. The van der Waals surface area contributed by atoms with Crippen molar-refractivity contribution < 1.29 is 18.7 Å². The average molecular weight is 326 g/mol. The number of hydrogen-bond donors (Lipinski definition) is 2. The highest BCUT2D eigenvalue weighted by Gasteiger charge is 2.37. The van der Waals surface area contributed by atoms with Crippen LogP contribution in [0.25, 0.3) is 5.70 Å². The Labute approximate surface area is 131 Å². The van der Waals surface area contributed by atoms with Crippen molar-refractivity contribution in [2.75, 3.05) is 13.1 Å². The van der Waals surface area contributed by atoms with E-state index in [1.54, 1.807) is 36.0 Å². The first-order chi connectivity index (χ1) is 10.4. The molecule has 1 saturated heterocycles. The van der Waals surface area contributed by atoms with Gasteiger partial charge in [0.15, 0.2) is 0 Å². The summed E-state index contributed by atoms with van der Waals surface area (Å²) in [5, 5.41) is 14.2. The Morgan fingerprint density at radius 1 is 1.27 bits per heavy atom. The molecule has 0 bridgehead atoms. The van der Waals surface area contributed by atoms with Gasteiger partial charge in [-0.25, -0.2) is 13.6 Å². The minimum atomic E-state index is -2.54. The molecular formula is C15H16F2N2O2S. The molecular weight excluding hydrogens is 310 g/mol. The van der Waals surface area contributed by atoms with Crippen LogP contribution in [-0.2, 0) is 0 Å². The van der Waals surface area contributed by atoms with Crippen molar-refractivity contribution in [3.8, 4) is 0 Å². The molecule has 2 N–H and O–H groups in total. The van der Waals surface area contributed by atoms with Gasteiger partial charge in [0, 0.05) is 31.6 Å². The number of benzene rings is 1. The zero-order chi connectivity index (χ0) is 15.7. The maximum Gasteiger partial charge on any atom is 0.335 e. The first-order valence-corrected chi connectivity index (χ1v) is 7.97. The lowest BCUT2D eigenvalue weighted by molar-refractivity contribution is -0.0577. The van der Waals surface area contributed by atoms with Crippen molar-refractivity contribution >= 4 is 23.4 Å². The van der Waals surface area contributed by atoms with Gasteiger partial charge in [0.2, 0.25) is 0 Å². The molecule has 2 heterocycles. The van der Waals surface area contributed by atoms with E-state index in [-0.39, 0.29) is 23.9 Å². The van der Waals surface area contributed by atoms with Crippen LogP contribution < -0.4 is 5.32 Å². The SMILES string of the molecule is O=C(O)c1ccc(C2=CSC(N3CCC(F)(F)CC3)N2)cc1. The van der Waals surface area contributed by atoms with E-state index in [1.165, 1.54) is 0 Å². The third kappa shape index (κ3) is 3.25. The standard InChI is InChI=1S/C15H16F2N2O2S/c16-15(17)5-7-19(8-6-15)14-18-12(9-22-14)10-1-3-11(4-2-10)13(20)21/h1-4,9,14,18H,5-8H2,(H,20,21). The van der Waals surface area contributed by atoms with Crippen LogP contribution in [0, 0.1) is 0 Å². The summed E-state index contributed by atoms with van der Waals surface area (Å²) in [6, 6.07) is 6.60. The summed E-state index contributed by atoms with van der Waals surface area (Å²) < 4.78 is 26.4. The molecule has 0 saturated carbocycles. The third-order valence-corrected chi connectivity index (χ3v) is 4.94. The Morgan fingerprint density at radius 3 is 2.50 bits per heavy atom. The lowest BCUT2D eigenvalue weighted by Gasteiger charge is -2.35.